The maximum Gasteiger partial charge on any atom is 0.164 e. The molecule has 1 fully saturated rings. The average Bonchev–Trinajstić information content (AvgIpc) is 2.95. The molecule has 4 heteroatoms. The lowest BCUT2D eigenvalue weighted by Gasteiger charge is -2.21. The van der Waals surface area contributed by atoms with Crippen LogP contribution in [0.1, 0.15) is 19.4 Å². The van der Waals surface area contributed by atoms with E-state index in [-0.39, 0.29) is 18.3 Å². The Hall–Kier alpha value is -1.20. The van der Waals surface area contributed by atoms with Gasteiger partial charge >= 0.3 is 0 Å². The van der Waals surface area contributed by atoms with Gasteiger partial charge in [-0.05, 0) is 19.4 Å². The second kappa shape index (κ2) is 6.28. The summed E-state index contributed by atoms with van der Waals surface area (Å²) >= 11 is 0. The molecular weight excluding hydrogens is 268 g/mol. The molecule has 3 atom stereocenters. The molecule has 1 saturated heterocycles. The van der Waals surface area contributed by atoms with Crippen LogP contribution in [0.15, 0.2) is 42.5 Å². The number of hydrogen-bond donors (Lipinski definition) is 0. The van der Waals surface area contributed by atoms with Gasteiger partial charge in [0.2, 0.25) is 0 Å². The van der Waals surface area contributed by atoms with E-state index in [1.54, 1.807) is 0 Å². The van der Waals surface area contributed by atoms with Crippen LogP contribution in [0.4, 0.5) is 0 Å². The van der Waals surface area contributed by atoms with Crippen molar-refractivity contribution in [3.8, 4) is 0 Å². The zero-order valence-corrected chi connectivity index (χ0v) is 12.5. The lowest BCUT2D eigenvalue weighted by molar-refractivity contribution is -0.156. The van der Waals surface area contributed by atoms with Gasteiger partial charge in [0.15, 0.2) is 5.79 Å². The summed E-state index contributed by atoms with van der Waals surface area (Å²) in [6.07, 6.45) is 3.97. The fourth-order valence-corrected chi connectivity index (χ4v) is 2.71. The Bertz CT molecular complexity index is 483. The molecule has 0 saturated carbocycles. The smallest absolute Gasteiger partial charge is 0.164 e. The van der Waals surface area contributed by atoms with Crippen molar-refractivity contribution in [2.45, 2.75) is 44.6 Å². The molecule has 0 bridgehead atoms. The highest BCUT2D eigenvalue weighted by molar-refractivity contribution is 5.14. The molecule has 0 radical (unpaired) electrons. The third-order valence-corrected chi connectivity index (χ3v) is 3.63. The minimum Gasteiger partial charge on any atom is -0.374 e. The van der Waals surface area contributed by atoms with Crippen molar-refractivity contribution in [1.82, 2.24) is 0 Å². The standard InChI is InChI=1S/C17H22O4/c1-17(2)20-15-9-8-14(16(15)21-17)19-11-10-18-12-13-6-4-3-5-7-13/h3-9,14-16H,10-12H2,1-2H3/t14-,15-,16+/m0/s1. The predicted molar refractivity (Wildman–Crippen MR) is 78.8 cm³/mol. The van der Waals surface area contributed by atoms with E-state index in [0.29, 0.717) is 19.8 Å². The first-order valence-electron chi connectivity index (χ1n) is 7.41. The van der Waals surface area contributed by atoms with Crippen LogP contribution in [0.25, 0.3) is 0 Å². The number of fused-ring (bicyclic) bond motifs is 1. The van der Waals surface area contributed by atoms with Gasteiger partial charge in [0.1, 0.15) is 18.3 Å². The first-order valence-corrected chi connectivity index (χ1v) is 7.41. The van der Waals surface area contributed by atoms with Crippen LogP contribution in [0.3, 0.4) is 0 Å². The molecule has 0 aromatic heterocycles. The second-order valence-electron chi connectivity index (χ2n) is 5.82. The normalized spacial score (nSPS) is 29.7. The van der Waals surface area contributed by atoms with Gasteiger partial charge in [-0.15, -0.1) is 0 Å². The van der Waals surface area contributed by atoms with Crippen molar-refractivity contribution in [2.75, 3.05) is 13.2 Å². The molecular formula is C17H22O4. The Kier molecular flexibility index (Phi) is 4.40. The van der Waals surface area contributed by atoms with Crippen LogP contribution in [0, 0.1) is 0 Å². The van der Waals surface area contributed by atoms with Gasteiger partial charge < -0.3 is 18.9 Å². The summed E-state index contributed by atoms with van der Waals surface area (Å²) in [7, 11) is 0. The highest BCUT2D eigenvalue weighted by atomic mass is 16.8. The molecule has 0 spiro atoms. The van der Waals surface area contributed by atoms with Gasteiger partial charge in [0, 0.05) is 0 Å². The number of hydrogen-bond acceptors (Lipinski definition) is 4. The quantitative estimate of drug-likeness (QED) is 0.596. The minimum atomic E-state index is -0.522. The molecule has 21 heavy (non-hydrogen) atoms. The van der Waals surface area contributed by atoms with E-state index in [0.717, 1.165) is 0 Å². The Morgan fingerprint density at radius 3 is 2.67 bits per heavy atom. The van der Waals surface area contributed by atoms with Crippen molar-refractivity contribution < 1.29 is 18.9 Å². The zero-order valence-electron chi connectivity index (χ0n) is 12.5. The van der Waals surface area contributed by atoms with E-state index < -0.39 is 5.79 Å². The molecule has 1 aliphatic heterocycles. The Balaban J connectivity index is 1.36. The van der Waals surface area contributed by atoms with Gasteiger partial charge in [-0.2, -0.15) is 0 Å². The van der Waals surface area contributed by atoms with E-state index in [4.69, 9.17) is 18.9 Å². The van der Waals surface area contributed by atoms with Gasteiger partial charge in [-0.1, -0.05) is 42.5 Å². The molecule has 0 amide bonds. The lowest BCUT2D eigenvalue weighted by Crippen LogP contribution is -2.32. The summed E-state index contributed by atoms with van der Waals surface area (Å²) in [5, 5.41) is 0. The van der Waals surface area contributed by atoms with Crippen LogP contribution in [0.2, 0.25) is 0 Å². The lowest BCUT2D eigenvalue weighted by atomic mass is 10.2. The highest BCUT2D eigenvalue weighted by Crippen LogP contribution is 2.35. The summed E-state index contributed by atoms with van der Waals surface area (Å²) in [6.45, 7) is 5.59. The molecule has 0 N–H and O–H groups in total. The average molecular weight is 290 g/mol. The molecule has 3 rings (SSSR count). The molecule has 1 aromatic rings. The maximum absolute atomic E-state index is 5.86. The molecule has 1 heterocycles. The molecule has 114 valence electrons. The van der Waals surface area contributed by atoms with E-state index >= 15 is 0 Å². The van der Waals surface area contributed by atoms with Crippen molar-refractivity contribution >= 4 is 0 Å². The van der Waals surface area contributed by atoms with Crippen molar-refractivity contribution in [2.24, 2.45) is 0 Å². The summed E-state index contributed by atoms with van der Waals surface area (Å²) in [4.78, 5) is 0. The van der Waals surface area contributed by atoms with Gasteiger partial charge in [-0.25, -0.2) is 0 Å². The van der Waals surface area contributed by atoms with E-state index in [1.807, 2.05) is 44.2 Å². The van der Waals surface area contributed by atoms with E-state index in [1.165, 1.54) is 5.56 Å². The van der Waals surface area contributed by atoms with Crippen LogP contribution in [-0.4, -0.2) is 37.3 Å². The van der Waals surface area contributed by atoms with Gasteiger partial charge in [0.05, 0.1) is 19.8 Å². The monoisotopic (exact) mass is 290 g/mol. The Labute approximate surface area is 125 Å². The molecule has 0 unspecified atom stereocenters. The first kappa shape index (κ1) is 14.7. The highest BCUT2D eigenvalue weighted by Gasteiger charge is 2.46. The van der Waals surface area contributed by atoms with Crippen LogP contribution in [-0.2, 0) is 25.6 Å². The SMILES string of the molecule is CC1(C)O[C@@H]2[C@@H](OCCOCc3ccccc3)C=C[C@@H]2O1. The Morgan fingerprint density at radius 2 is 1.86 bits per heavy atom. The van der Waals surface area contributed by atoms with Crippen LogP contribution in [0.5, 0.6) is 0 Å². The first-order chi connectivity index (χ1) is 10.1. The second-order valence-corrected chi connectivity index (χ2v) is 5.82. The number of ether oxygens (including phenoxy) is 4. The molecule has 4 nitrogen and oxygen atoms in total. The van der Waals surface area contributed by atoms with Gasteiger partial charge in [0.25, 0.3) is 0 Å². The predicted octanol–water partition coefficient (Wildman–Crippen LogP) is 2.68. The molecule has 1 aromatic carbocycles. The third-order valence-electron chi connectivity index (χ3n) is 3.63. The fraction of sp³-hybridized carbons (Fsp3) is 0.529. The molecule has 1 aliphatic carbocycles. The zero-order chi connectivity index (χ0) is 14.7. The van der Waals surface area contributed by atoms with Crippen LogP contribution >= 0.6 is 0 Å². The summed E-state index contributed by atoms with van der Waals surface area (Å²) in [6, 6.07) is 10.1. The topological polar surface area (TPSA) is 36.9 Å². The van der Waals surface area contributed by atoms with Gasteiger partial charge in [-0.3, -0.25) is 0 Å². The van der Waals surface area contributed by atoms with Crippen molar-refractivity contribution in [3.05, 3.63) is 48.0 Å². The largest absolute Gasteiger partial charge is 0.374 e. The third kappa shape index (κ3) is 3.71. The minimum absolute atomic E-state index is 0.00948. The van der Waals surface area contributed by atoms with Crippen molar-refractivity contribution in [3.63, 3.8) is 0 Å². The summed E-state index contributed by atoms with van der Waals surface area (Å²) in [5.41, 5.74) is 1.17. The van der Waals surface area contributed by atoms with E-state index in [9.17, 15) is 0 Å². The maximum atomic E-state index is 5.86. The summed E-state index contributed by atoms with van der Waals surface area (Å²) in [5.74, 6) is -0.522. The number of rotatable bonds is 6. The van der Waals surface area contributed by atoms with Crippen molar-refractivity contribution in [1.29, 1.82) is 0 Å². The number of benzene rings is 1. The van der Waals surface area contributed by atoms with Crippen LogP contribution < -0.4 is 0 Å². The Morgan fingerprint density at radius 1 is 1.05 bits per heavy atom. The molecule has 2 aliphatic rings. The fourth-order valence-electron chi connectivity index (χ4n) is 2.71. The summed E-state index contributed by atoms with van der Waals surface area (Å²) < 4.78 is 23.1. The van der Waals surface area contributed by atoms with E-state index in [2.05, 4.69) is 12.1 Å².